The Kier molecular flexibility index (Phi) is 5.04. The summed E-state index contributed by atoms with van der Waals surface area (Å²) in [5, 5.41) is 2.81. The Morgan fingerprint density at radius 3 is 2.75 bits per heavy atom. The Morgan fingerprint density at radius 1 is 1.25 bits per heavy atom. The molecule has 1 atom stereocenters. The number of carbonyl (C=O) groups excluding carboxylic acids is 1. The van der Waals surface area contributed by atoms with Crippen LogP contribution >= 0.6 is 0 Å². The normalized spacial score (nSPS) is 16.0. The fourth-order valence-corrected chi connectivity index (χ4v) is 3.14. The lowest BCUT2D eigenvalue weighted by Gasteiger charge is -2.26. The summed E-state index contributed by atoms with van der Waals surface area (Å²) in [6.45, 7) is 3.25. The first kappa shape index (κ1) is 16.4. The number of fused-ring (bicyclic) bond motifs is 1. The van der Waals surface area contributed by atoms with E-state index >= 15 is 0 Å². The minimum Gasteiger partial charge on any atom is -0.493 e. The van der Waals surface area contributed by atoms with Crippen molar-refractivity contribution in [2.24, 2.45) is 5.92 Å². The Hall–Kier alpha value is -2.49. The molecule has 1 heterocycles. The number of hydrogen-bond donors (Lipinski definition) is 1. The fraction of sp³-hybridized carbons (Fsp3) is 0.350. The summed E-state index contributed by atoms with van der Waals surface area (Å²) in [7, 11) is 1.67. The zero-order chi connectivity index (χ0) is 16.9. The molecule has 0 saturated heterocycles. The molecule has 2 aromatic carbocycles. The number of ether oxygens (including phenoxy) is 2. The van der Waals surface area contributed by atoms with Gasteiger partial charge >= 0.3 is 0 Å². The highest BCUT2D eigenvalue weighted by molar-refractivity contribution is 5.94. The summed E-state index contributed by atoms with van der Waals surface area (Å²) >= 11 is 0. The Bertz CT molecular complexity index is 709. The van der Waals surface area contributed by atoms with Gasteiger partial charge in [0, 0.05) is 18.0 Å². The monoisotopic (exact) mass is 325 g/mol. The van der Waals surface area contributed by atoms with E-state index in [4.69, 9.17) is 9.47 Å². The number of benzene rings is 2. The van der Waals surface area contributed by atoms with Crippen LogP contribution in [0.1, 0.15) is 28.4 Å². The SMILES string of the molecule is CCNC(=O)c1ccc(C[C@@H]2COc3c(cccc3OC)C2)cc1. The molecule has 0 fully saturated rings. The molecule has 1 aliphatic rings. The fourth-order valence-electron chi connectivity index (χ4n) is 3.14. The molecule has 4 heteroatoms. The molecule has 0 unspecified atom stereocenters. The zero-order valence-corrected chi connectivity index (χ0v) is 14.2. The predicted octanol–water partition coefficient (Wildman–Crippen LogP) is 3.24. The maximum absolute atomic E-state index is 11.8. The smallest absolute Gasteiger partial charge is 0.251 e. The van der Waals surface area contributed by atoms with E-state index in [1.165, 1.54) is 11.1 Å². The quantitative estimate of drug-likeness (QED) is 0.918. The Morgan fingerprint density at radius 2 is 2.04 bits per heavy atom. The van der Waals surface area contributed by atoms with Crippen LogP contribution in [0, 0.1) is 5.92 Å². The van der Waals surface area contributed by atoms with Crippen LogP contribution in [-0.2, 0) is 12.8 Å². The molecule has 0 aliphatic carbocycles. The van der Waals surface area contributed by atoms with Crippen molar-refractivity contribution in [2.75, 3.05) is 20.3 Å². The minimum absolute atomic E-state index is 0.0222. The summed E-state index contributed by atoms with van der Waals surface area (Å²) < 4.78 is 11.3. The molecular weight excluding hydrogens is 302 g/mol. The second-order valence-corrected chi connectivity index (χ2v) is 6.09. The van der Waals surface area contributed by atoms with Crippen LogP contribution in [0.3, 0.4) is 0 Å². The third-order valence-electron chi connectivity index (χ3n) is 4.33. The summed E-state index contributed by atoms with van der Waals surface area (Å²) in [6, 6.07) is 13.9. The lowest BCUT2D eigenvalue weighted by Crippen LogP contribution is -2.24. The minimum atomic E-state index is -0.0222. The van der Waals surface area contributed by atoms with E-state index in [1.807, 2.05) is 43.3 Å². The summed E-state index contributed by atoms with van der Waals surface area (Å²) in [5.74, 6) is 2.09. The van der Waals surface area contributed by atoms with Crippen LogP contribution in [0.5, 0.6) is 11.5 Å². The van der Waals surface area contributed by atoms with Crippen molar-refractivity contribution < 1.29 is 14.3 Å². The van der Waals surface area contributed by atoms with Gasteiger partial charge in [-0.25, -0.2) is 0 Å². The van der Waals surface area contributed by atoms with Crippen molar-refractivity contribution in [1.82, 2.24) is 5.32 Å². The van der Waals surface area contributed by atoms with Gasteiger partial charge in [-0.1, -0.05) is 24.3 Å². The largest absolute Gasteiger partial charge is 0.493 e. The molecule has 24 heavy (non-hydrogen) atoms. The molecule has 0 radical (unpaired) electrons. The van der Waals surface area contributed by atoms with Crippen molar-refractivity contribution in [3.8, 4) is 11.5 Å². The van der Waals surface area contributed by atoms with Gasteiger partial charge in [0.2, 0.25) is 0 Å². The molecule has 126 valence electrons. The third kappa shape index (κ3) is 3.53. The van der Waals surface area contributed by atoms with Crippen LogP contribution in [-0.4, -0.2) is 26.2 Å². The Balaban J connectivity index is 1.66. The first-order valence-electron chi connectivity index (χ1n) is 8.37. The summed E-state index contributed by atoms with van der Waals surface area (Å²) in [6.07, 6.45) is 1.91. The standard InChI is InChI=1S/C20H23NO3/c1-3-21-20(22)16-9-7-14(8-10-16)11-15-12-17-5-4-6-18(23-2)19(17)24-13-15/h4-10,15H,3,11-13H2,1-2H3,(H,21,22)/t15-/m0/s1. The van der Waals surface area contributed by atoms with E-state index in [0.717, 1.165) is 24.3 Å². The number of amides is 1. The topological polar surface area (TPSA) is 47.6 Å². The molecule has 0 spiro atoms. The van der Waals surface area contributed by atoms with Gasteiger partial charge in [0.15, 0.2) is 11.5 Å². The van der Waals surface area contributed by atoms with Gasteiger partial charge in [-0.2, -0.15) is 0 Å². The van der Waals surface area contributed by atoms with Gasteiger partial charge in [0.05, 0.1) is 13.7 Å². The van der Waals surface area contributed by atoms with Crippen molar-refractivity contribution in [3.63, 3.8) is 0 Å². The van der Waals surface area contributed by atoms with Gasteiger partial charge in [0.1, 0.15) is 0 Å². The van der Waals surface area contributed by atoms with E-state index in [1.54, 1.807) is 7.11 Å². The molecular formula is C20H23NO3. The van der Waals surface area contributed by atoms with Gasteiger partial charge < -0.3 is 14.8 Å². The van der Waals surface area contributed by atoms with Crippen LogP contribution in [0.15, 0.2) is 42.5 Å². The van der Waals surface area contributed by atoms with E-state index in [0.29, 0.717) is 24.6 Å². The van der Waals surface area contributed by atoms with Crippen LogP contribution in [0.25, 0.3) is 0 Å². The molecule has 0 bridgehead atoms. The number of methoxy groups -OCH3 is 1. The van der Waals surface area contributed by atoms with Crippen molar-refractivity contribution >= 4 is 5.91 Å². The lowest BCUT2D eigenvalue weighted by molar-refractivity contribution is 0.0956. The van der Waals surface area contributed by atoms with E-state index < -0.39 is 0 Å². The number of para-hydroxylation sites is 1. The molecule has 0 saturated carbocycles. The lowest BCUT2D eigenvalue weighted by atomic mass is 9.90. The molecule has 2 aromatic rings. The zero-order valence-electron chi connectivity index (χ0n) is 14.2. The van der Waals surface area contributed by atoms with Crippen molar-refractivity contribution in [1.29, 1.82) is 0 Å². The van der Waals surface area contributed by atoms with Crippen LogP contribution in [0.2, 0.25) is 0 Å². The number of nitrogens with one attached hydrogen (secondary N) is 1. The highest BCUT2D eigenvalue weighted by Gasteiger charge is 2.22. The summed E-state index contributed by atoms with van der Waals surface area (Å²) in [4.78, 5) is 11.8. The first-order chi connectivity index (χ1) is 11.7. The number of rotatable bonds is 5. The highest BCUT2D eigenvalue weighted by Crippen LogP contribution is 2.36. The number of carbonyl (C=O) groups is 1. The van der Waals surface area contributed by atoms with E-state index in [2.05, 4.69) is 11.4 Å². The Labute approximate surface area is 142 Å². The second-order valence-electron chi connectivity index (χ2n) is 6.09. The van der Waals surface area contributed by atoms with Gasteiger partial charge in [-0.15, -0.1) is 0 Å². The molecule has 3 rings (SSSR count). The molecule has 1 aliphatic heterocycles. The van der Waals surface area contributed by atoms with Gasteiger partial charge in [-0.05, 0) is 49.1 Å². The average Bonchev–Trinajstić information content (AvgIpc) is 2.62. The van der Waals surface area contributed by atoms with Crippen LogP contribution in [0.4, 0.5) is 0 Å². The third-order valence-corrected chi connectivity index (χ3v) is 4.33. The highest BCUT2D eigenvalue weighted by atomic mass is 16.5. The second kappa shape index (κ2) is 7.39. The first-order valence-corrected chi connectivity index (χ1v) is 8.37. The maximum Gasteiger partial charge on any atom is 0.251 e. The van der Waals surface area contributed by atoms with Gasteiger partial charge in [0.25, 0.3) is 5.91 Å². The average molecular weight is 325 g/mol. The van der Waals surface area contributed by atoms with E-state index in [-0.39, 0.29) is 5.91 Å². The molecule has 0 aromatic heterocycles. The predicted molar refractivity (Wildman–Crippen MR) is 93.8 cm³/mol. The van der Waals surface area contributed by atoms with Gasteiger partial charge in [-0.3, -0.25) is 4.79 Å². The molecule has 4 nitrogen and oxygen atoms in total. The molecule has 1 N–H and O–H groups in total. The number of hydrogen-bond acceptors (Lipinski definition) is 3. The molecule has 1 amide bonds. The van der Waals surface area contributed by atoms with E-state index in [9.17, 15) is 4.79 Å². The maximum atomic E-state index is 11.8. The van der Waals surface area contributed by atoms with Crippen molar-refractivity contribution in [3.05, 3.63) is 59.2 Å². The summed E-state index contributed by atoms with van der Waals surface area (Å²) in [5.41, 5.74) is 3.13. The van der Waals surface area contributed by atoms with Crippen LogP contribution < -0.4 is 14.8 Å². The van der Waals surface area contributed by atoms with Crippen molar-refractivity contribution in [2.45, 2.75) is 19.8 Å².